The molecule has 3 N–H and O–H groups in total. The molecule has 1 unspecified atom stereocenters. The van der Waals surface area contributed by atoms with Gasteiger partial charge in [-0.2, -0.15) is 5.10 Å². The van der Waals surface area contributed by atoms with Gasteiger partial charge in [0.2, 0.25) is 0 Å². The fourth-order valence-corrected chi connectivity index (χ4v) is 3.38. The quantitative estimate of drug-likeness (QED) is 0.267. The largest absolute Gasteiger partial charge is 0.504 e. The third-order valence-corrected chi connectivity index (χ3v) is 5.12. The van der Waals surface area contributed by atoms with Crippen molar-refractivity contribution >= 4 is 52.2 Å². The molecule has 0 spiro atoms. The molecule has 2 aromatic rings. The summed E-state index contributed by atoms with van der Waals surface area (Å²) in [5.41, 5.74) is 3.46. The van der Waals surface area contributed by atoms with E-state index in [4.69, 9.17) is 16.3 Å². The van der Waals surface area contributed by atoms with Gasteiger partial charge < -0.3 is 15.2 Å². The molecular formula is C21H23ClIN3O4. The van der Waals surface area contributed by atoms with Crippen molar-refractivity contribution in [2.24, 2.45) is 11.0 Å². The number of nitrogens with one attached hydrogen (secondary N) is 2. The van der Waals surface area contributed by atoms with Gasteiger partial charge in [0.25, 0.3) is 11.8 Å². The number of ether oxygens (including phenoxy) is 1. The van der Waals surface area contributed by atoms with Gasteiger partial charge in [-0.05, 0) is 71.3 Å². The Bertz CT molecular complexity index is 950. The standard InChI is InChI=1S/C21H23ClIN3O4/c1-4-30-17-9-13(8-16(23)19(17)27)11-24-26-21(29)18(12(2)3)25-20(28)14-6-5-7-15(22)10-14/h5-12,18,27H,4H2,1-3H3,(H,25,28)(H,26,29). The van der Waals surface area contributed by atoms with E-state index < -0.39 is 17.9 Å². The van der Waals surface area contributed by atoms with Gasteiger partial charge in [-0.25, -0.2) is 5.43 Å². The maximum absolute atomic E-state index is 12.6. The Labute approximate surface area is 194 Å². The summed E-state index contributed by atoms with van der Waals surface area (Å²) in [7, 11) is 0. The summed E-state index contributed by atoms with van der Waals surface area (Å²) in [5.74, 6) is -0.615. The van der Waals surface area contributed by atoms with Crippen LogP contribution in [0.5, 0.6) is 11.5 Å². The lowest BCUT2D eigenvalue weighted by atomic mass is 10.0. The van der Waals surface area contributed by atoms with E-state index in [0.717, 1.165) is 0 Å². The number of aromatic hydroxyl groups is 1. The molecule has 0 saturated carbocycles. The highest BCUT2D eigenvalue weighted by Gasteiger charge is 2.24. The van der Waals surface area contributed by atoms with E-state index in [0.29, 0.717) is 32.1 Å². The number of phenolic OH excluding ortho intramolecular Hbond substituents is 1. The predicted molar refractivity (Wildman–Crippen MR) is 125 cm³/mol. The molecule has 7 nitrogen and oxygen atoms in total. The van der Waals surface area contributed by atoms with Gasteiger partial charge in [0.05, 0.1) is 16.4 Å². The Morgan fingerprint density at radius 3 is 2.67 bits per heavy atom. The molecule has 0 aliphatic rings. The van der Waals surface area contributed by atoms with Crippen LogP contribution in [0, 0.1) is 9.49 Å². The first-order valence-corrected chi connectivity index (χ1v) is 10.7. The molecule has 0 aliphatic heterocycles. The van der Waals surface area contributed by atoms with Crippen LogP contribution in [0.3, 0.4) is 0 Å². The van der Waals surface area contributed by atoms with E-state index in [-0.39, 0.29) is 11.7 Å². The van der Waals surface area contributed by atoms with Crippen LogP contribution in [0.15, 0.2) is 41.5 Å². The fraction of sp³-hybridized carbons (Fsp3) is 0.286. The topological polar surface area (TPSA) is 100 Å². The summed E-state index contributed by atoms with van der Waals surface area (Å²) in [6.45, 7) is 5.87. The molecule has 0 aliphatic carbocycles. The molecule has 1 atom stereocenters. The minimum atomic E-state index is -0.785. The lowest BCUT2D eigenvalue weighted by molar-refractivity contribution is -0.123. The van der Waals surface area contributed by atoms with Crippen molar-refractivity contribution in [3.63, 3.8) is 0 Å². The third-order valence-electron chi connectivity index (χ3n) is 4.06. The molecule has 0 bridgehead atoms. The lowest BCUT2D eigenvalue weighted by Gasteiger charge is -2.20. The van der Waals surface area contributed by atoms with Crippen molar-refractivity contribution in [2.75, 3.05) is 6.61 Å². The number of carbonyl (C=O) groups excluding carboxylic acids is 2. The number of halogens is 2. The Balaban J connectivity index is 2.07. The first-order chi connectivity index (χ1) is 14.2. The second kappa shape index (κ2) is 11.2. The Morgan fingerprint density at radius 1 is 1.30 bits per heavy atom. The zero-order chi connectivity index (χ0) is 22.3. The van der Waals surface area contributed by atoms with Crippen molar-refractivity contribution in [3.8, 4) is 11.5 Å². The first kappa shape index (κ1) is 23.9. The van der Waals surface area contributed by atoms with Gasteiger partial charge in [0, 0.05) is 10.6 Å². The molecule has 0 heterocycles. The SMILES string of the molecule is CCOc1cc(C=NNC(=O)C(NC(=O)c2cccc(Cl)c2)C(C)C)cc(I)c1O. The second-order valence-corrected chi connectivity index (χ2v) is 8.32. The maximum Gasteiger partial charge on any atom is 0.262 e. The van der Waals surface area contributed by atoms with Crippen molar-refractivity contribution in [1.29, 1.82) is 0 Å². The second-order valence-electron chi connectivity index (χ2n) is 6.72. The molecule has 30 heavy (non-hydrogen) atoms. The van der Waals surface area contributed by atoms with Crippen LogP contribution in [-0.2, 0) is 4.79 Å². The molecule has 0 radical (unpaired) electrons. The van der Waals surface area contributed by atoms with Crippen LogP contribution >= 0.6 is 34.2 Å². The van der Waals surface area contributed by atoms with Gasteiger partial charge >= 0.3 is 0 Å². The predicted octanol–water partition coefficient (Wildman–Crippen LogP) is 3.95. The summed E-state index contributed by atoms with van der Waals surface area (Å²) < 4.78 is 5.99. The summed E-state index contributed by atoms with van der Waals surface area (Å²) >= 11 is 7.91. The Hall–Kier alpha value is -2.33. The van der Waals surface area contributed by atoms with Crippen LogP contribution < -0.4 is 15.5 Å². The minimum absolute atomic E-state index is 0.0576. The normalized spacial score (nSPS) is 12.1. The zero-order valence-electron chi connectivity index (χ0n) is 16.8. The van der Waals surface area contributed by atoms with Crippen molar-refractivity contribution in [3.05, 3.63) is 56.1 Å². The number of phenols is 1. The molecule has 2 rings (SSSR count). The molecule has 0 saturated heterocycles. The molecule has 0 aromatic heterocycles. The van der Waals surface area contributed by atoms with Gasteiger partial charge in [0.1, 0.15) is 6.04 Å². The number of hydrogen-bond donors (Lipinski definition) is 3. The van der Waals surface area contributed by atoms with Crippen molar-refractivity contribution < 1.29 is 19.4 Å². The number of amides is 2. The average Bonchev–Trinajstić information content (AvgIpc) is 2.69. The summed E-state index contributed by atoms with van der Waals surface area (Å²) in [6.07, 6.45) is 1.44. The molecule has 160 valence electrons. The van der Waals surface area contributed by atoms with E-state index >= 15 is 0 Å². The Kier molecular flexibility index (Phi) is 8.91. The van der Waals surface area contributed by atoms with E-state index in [2.05, 4.69) is 15.8 Å². The van der Waals surface area contributed by atoms with Crippen LogP contribution in [0.4, 0.5) is 0 Å². The third kappa shape index (κ3) is 6.60. The number of nitrogens with zero attached hydrogens (tertiary/aromatic N) is 1. The number of benzene rings is 2. The molecular weight excluding hydrogens is 521 g/mol. The zero-order valence-corrected chi connectivity index (χ0v) is 19.7. The summed E-state index contributed by atoms with van der Waals surface area (Å²) in [5, 5.41) is 17.1. The minimum Gasteiger partial charge on any atom is -0.504 e. The van der Waals surface area contributed by atoms with Crippen LogP contribution in [0.25, 0.3) is 0 Å². The highest BCUT2D eigenvalue weighted by molar-refractivity contribution is 14.1. The lowest BCUT2D eigenvalue weighted by Crippen LogP contribution is -2.48. The summed E-state index contributed by atoms with van der Waals surface area (Å²) in [4.78, 5) is 25.0. The smallest absolute Gasteiger partial charge is 0.262 e. The van der Waals surface area contributed by atoms with Crippen LogP contribution in [-0.4, -0.2) is 35.8 Å². The van der Waals surface area contributed by atoms with E-state index in [9.17, 15) is 14.7 Å². The van der Waals surface area contributed by atoms with E-state index in [1.165, 1.54) is 12.3 Å². The summed E-state index contributed by atoms with van der Waals surface area (Å²) in [6, 6.07) is 9.03. The van der Waals surface area contributed by atoms with Crippen molar-refractivity contribution in [1.82, 2.24) is 10.7 Å². The highest BCUT2D eigenvalue weighted by Crippen LogP contribution is 2.32. The van der Waals surface area contributed by atoms with Crippen LogP contribution in [0.1, 0.15) is 36.7 Å². The first-order valence-electron chi connectivity index (χ1n) is 9.27. The van der Waals surface area contributed by atoms with E-state index in [1.807, 2.05) is 43.4 Å². The molecule has 0 fully saturated rings. The monoisotopic (exact) mass is 543 g/mol. The number of hydrazone groups is 1. The maximum atomic E-state index is 12.6. The average molecular weight is 544 g/mol. The molecule has 2 aromatic carbocycles. The van der Waals surface area contributed by atoms with Gasteiger partial charge in [-0.1, -0.05) is 31.5 Å². The number of rotatable bonds is 8. The van der Waals surface area contributed by atoms with Crippen LogP contribution in [0.2, 0.25) is 5.02 Å². The molecule has 9 heteroatoms. The number of hydrogen-bond acceptors (Lipinski definition) is 5. The van der Waals surface area contributed by atoms with Gasteiger partial charge in [-0.15, -0.1) is 0 Å². The highest BCUT2D eigenvalue weighted by atomic mass is 127. The van der Waals surface area contributed by atoms with Gasteiger partial charge in [-0.3, -0.25) is 9.59 Å². The van der Waals surface area contributed by atoms with Gasteiger partial charge in [0.15, 0.2) is 11.5 Å². The molecule has 2 amide bonds. The van der Waals surface area contributed by atoms with Crippen molar-refractivity contribution in [2.45, 2.75) is 26.8 Å². The fourth-order valence-electron chi connectivity index (χ4n) is 2.56. The number of carbonyl (C=O) groups is 2. The Morgan fingerprint density at radius 2 is 2.03 bits per heavy atom. The van der Waals surface area contributed by atoms with E-state index in [1.54, 1.807) is 30.3 Å².